The van der Waals surface area contributed by atoms with Crippen molar-refractivity contribution in [1.82, 2.24) is 0 Å². The van der Waals surface area contributed by atoms with E-state index in [-0.39, 0.29) is 6.10 Å². The zero-order valence-corrected chi connectivity index (χ0v) is 12.0. The summed E-state index contributed by atoms with van der Waals surface area (Å²) in [6.45, 7) is 0.358. The number of fused-ring (bicyclic) bond motifs is 1. The highest BCUT2D eigenvalue weighted by molar-refractivity contribution is 5.16. The third kappa shape index (κ3) is 2.83. The molecule has 6 nitrogen and oxygen atoms in total. The van der Waals surface area contributed by atoms with Gasteiger partial charge in [-0.15, -0.1) is 0 Å². The van der Waals surface area contributed by atoms with Crippen LogP contribution in [0.5, 0.6) is 0 Å². The van der Waals surface area contributed by atoms with Gasteiger partial charge in [-0.3, -0.25) is 0 Å². The van der Waals surface area contributed by atoms with E-state index in [1.54, 1.807) is 7.11 Å². The minimum absolute atomic E-state index is 0.330. The molecule has 0 saturated carbocycles. The minimum Gasteiger partial charge on any atom is -0.385 e. The fraction of sp³-hybridized carbons (Fsp3) is 0.600. The number of hydrogen-bond donors (Lipinski definition) is 1. The van der Waals surface area contributed by atoms with Gasteiger partial charge in [0.05, 0.1) is 6.61 Å². The minimum atomic E-state index is -0.907. The summed E-state index contributed by atoms with van der Waals surface area (Å²) in [5.41, 5.74) is 0.925. The number of benzene rings is 1. The molecule has 0 bridgehead atoms. The number of hydrogen-bond acceptors (Lipinski definition) is 6. The number of rotatable bonds is 3. The second-order valence-corrected chi connectivity index (χ2v) is 5.15. The van der Waals surface area contributed by atoms with Gasteiger partial charge in [0.15, 0.2) is 12.6 Å². The Morgan fingerprint density at radius 3 is 2.52 bits per heavy atom. The van der Waals surface area contributed by atoms with Gasteiger partial charge < -0.3 is 28.8 Å². The van der Waals surface area contributed by atoms with E-state index < -0.39 is 30.9 Å². The van der Waals surface area contributed by atoms with Crippen molar-refractivity contribution in [1.29, 1.82) is 0 Å². The Morgan fingerprint density at radius 1 is 1.10 bits per heavy atom. The summed E-state index contributed by atoms with van der Waals surface area (Å²) in [6, 6.07) is 9.66. The van der Waals surface area contributed by atoms with Gasteiger partial charge in [0.25, 0.3) is 0 Å². The molecule has 0 radical (unpaired) electrons. The Kier molecular flexibility index (Phi) is 4.54. The van der Waals surface area contributed by atoms with Crippen LogP contribution in [0, 0.1) is 0 Å². The first-order chi connectivity index (χ1) is 10.2. The van der Waals surface area contributed by atoms with Gasteiger partial charge in [0.1, 0.15) is 24.4 Å². The van der Waals surface area contributed by atoms with Crippen LogP contribution >= 0.6 is 0 Å². The van der Waals surface area contributed by atoms with E-state index in [0.717, 1.165) is 5.56 Å². The first kappa shape index (κ1) is 14.9. The largest absolute Gasteiger partial charge is 0.385 e. The van der Waals surface area contributed by atoms with Crippen LogP contribution in [-0.4, -0.2) is 56.6 Å². The normalized spacial score (nSPS) is 39.8. The molecule has 2 fully saturated rings. The van der Waals surface area contributed by atoms with Gasteiger partial charge in [-0.2, -0.15) is 0 Å². The monoisotopic (exact) mass is 296 g/mol. The van der Waals surface area contributed by atoms with E-state index in [0.29, 0.717) is 6.61 Å². The van der Waals surface area contributed by atoms with Crippen LogP contribution in [0.15, 0.2) is 30.3 Å². The Morgan fingerprint density at radius 2 is 1.86 bits per heavy atom. The summed E-state index contributed by atoms with van der Waals surface area (Å²) in [4.78, 5) is 0. The lowest BCUT2D eigenvalue weighted by atomic mass is 9.97. The Bertz CT molecular complexity index is 453. The molecular formula is C15H20O6. The molecule has 2 heterocycles. The molecule has 0 aliphatic carbocycles. The van der Waals surface area contributed by atoms with Gasteiger partial charge in [-0.1, -0.05) is 30.3 Å². The highest BCUT2D eigenvalue weighted by Gasteiger charge is 2.49. The van der Waals surface area contributed by atoms with Crippen molar-refractivity contribution in [3.8, 4) is 0 Å². The molecule has 6 heteroatoms. The van der Waals surface area contributed by atoms with E-state index >= 15 is 0 Å². The molecule has 1 N–H and O–H groups in total. The van der Waals surface area contributed by atoms with Crippen molar-refractivity contribution in [2.24, 2.45) is 0 Å². The highest BCUT2D eigenvalue weighted by atomic mass is 16.8. The molecule has 2 aliphatic rings. The average Bonchev–Trinajstić information content (AvgIpc) is 2.54. The maximum Gasteiger partial charge on any atom is 0.186 e. The summed E-state index contributed by atoms with van der Waals surface area (Å²) in [6.07, 6.45) is -3.39. The van der Waals surface area contributed by atoms with Crippen LogP contribution < -0.4 is 0 Å². The summed E-state index contributed by atoms with van der Waals surface area (Å²) in [7, 11) is 3.03. The summed E-state index contributed by atoms with van der Waals surface area (Å²) < 4.78 is 27.9. The summed E-state index contributed by atoms with van der Waals surface area (Å²) in [5, 5.41) is 10.2. The third-order valence-corrected chi connectivity index (χ3v) is 3.88. The summed E-state index contributed by atoms with van der Waals surface area (Å²) in [5.74, 6) is 0. The fourth-order valence-electron chi connectivity index (χ4n) is 2.81. The molecule has 0 unspecified atom stereocenters. The van der Waals surface area contributed by atoms with Crippen LogP contribution in [0.3, 0.4) is 0 Å². The number of ether oxygens (including phenoxy) is 5. The van der Waals surface area contributed by atoms with Crippen LogP contribution in [0.1, 0.15) is 11.9 Å². The predicted molar refractivity (Wildman–Crippen MR) is 72.5 cm³/mol. The lowest BCUT2D eigenvalue weighted by Gasteiger charge is -2.47. The smallest absolute Gasteiger partial charge is 0.186 e. The van der Waals surface area contributed by atoms with Crippen LogP contribution in [-0.2, 0) is 23.7 Å². The summed E-state index contributed by atoms with van der Waals surface area (Å²) >= 11 is 0. The zero-order valence-electron chi connectivity index (χ0n) is 12.0. The SMILES string of the molecule is CO[C@@H]1O[C@@H]2CO[C@H](c3ccccc3)O[C@H]2[C@H](OC)[C@H]1O. The van der Waals surface area contributed by atoms with Crippen molar-refractivity contribution in [3.63, 3.8) is 0 Å². The molecule has 21 heavy (non-hydrogen) atoms. The van der Waals surface area contributed by atoms with E-state index in [9.17, 15) is 5.11 Å². The lowest BCUT2D eigenvalue weighted by Crippen LogP contribution is -2.62. The third-order valence-electron chi connectivity index (χ3n) is 3.88. The van der Waals surface area contributed by atoms with Crippen molar-refractivity contribution in [2.75, 3.05) is 20.8 Å². The molecule has 6 atom stereocenters. The Hall–Kier alpha value is -1.02. The Labute approximate surface area is 123 Å². The zero-order chi connectivity index (χ0) is 14.8. The van der Waals surface area contributed by atoms with Crippen molar-refractivity contribution >= 4 is 0 Å². The molecule has 1 aromatic carbocycles. The standard InChI is InChI=1S/C15H20O6/c1-17-13-11(16)15(18-2)20-10-8-19-14(21-12(10)13)9-6-4-3-5-7-9/h3-7,10-16H,8H2,1-2H3/t10-,11-,12-,13-,14+,15-/m1/s1. The van der Waals surface area contributed by atoms with E-state index in [4.69, 9.17) is 23.7 Å². The van der Waals surface area contributed by atoms with Crippen LogP contribution in [0.2, 0.25) is 0 Å². The van der Waals surface area contributed by atoms with Gasteiger partial charge in [0, 0.05) is 19.8 Å². The fourth-order valence-corrected chi connectivity index (χ4v) is 2.81. The number of aliphatic hydroxyl groups excluding tert-OH is 1. The van der Waals surface area contributed by atoms with Gasteiger partial charge in [-0.25, -0.2) is 0 Å². The van der Waals surface area contributed by atoms with E-state index in [1.165, 1.54) is 7.11 Å². The van der Waals surface area contributed by atoms with E-state index in [2.05, 4.69) is 0 Å². The quantitative estimate of drug-likeness (QED) is 0.892. The average molecular weight is 296 g/mol. The number of aliphatic hydroxyl groups is 1. The molecule has 2 saturated heterocycles. The van der Waals surface area contributed by atoms with Crippen LogP contribution in [0.4, 0.5) is 0 Å². The van der Waals surface area contributed by atoms with Crippen molar-refractivity contribution in [3.05, 3.63) is 35.9 Å². The predicted octanol–water partition coefficient (Wildman–Crippen LogP) is 0.848. The highest BCUT2D eigenvalue weighted by Crippen LogP contribution is 2.35. The topological polar surface area (TPSA) is 66.4 Å². The molecule has 116 valence electrons. The molecular weight excluding hydrogens is 276 g/mol. The second kappa shape index (κ2) is 6.39. The van der Waals surface area contributed by atoms with Gasteiger partial charge in [-0.05, 0) is 0 Å². The number of methoxy groups -OCH3 is 2. The van der Waals surface area contributed by atoms with Crippen LogP contribution in [0.25, 0.3) is 0 Å². The molecule has 0 amide bonds. The maximum absolute atomic E-state index is 10.2. The van der Waals surface area contributed by atoms with E-state index in [1.807, 2.05) is 30.3 Å². The molecule has 1 aromatic rings. The Balaban J connectivity index is 1.77. The van der Waals surface area contributed by atoms with Gasteiger partial charge in [0.2, 0.25) is 0 Å². The first-order valence-corrected chi connectivity index (χ1v) is 6.95. The molecule has 2 aliphatic heterocycles. The molecule has 0 spiro atoms. The first-order valence-electron chi connectivity index (χ1n) is 6.95. The van der Waals surface area contributed by atoms with Crippen molar-refractivity contribution in [2.45, 2.75) is 37.0 Å². The lowest BCUT2D eigenvalue weighted by molar-refractivity contribution is -0.360. The molecule has 3 rings (SSSR count). The van der Waals surface area contributed by atoms with Crippen molar-refractivity contribution < 1.29 is 28.8 Å². The van der Waals surface area contributed by atoms with Gasteiger partial charge >= 0.3 is 0 Å². The molecule has 0 aromatic heterocycles. The second-order valence-electron chi connectivity index (χ2n) is 5.15. The maximum atomic E-state index is 10.2.